The Bertz CT molecular complexity index is 1530. The monoisotopic (exact) mass is 622 g/mol. The number of fused-ring (bicyclic) bond motifs is 18. The van der Waals surface area contributed by atoms with Gasteiger partial charge in [-0.3, -0.25) is 14.3 Å². The highest BCUT2D eigenvalue weighted by molar-refractivity contribution is 7.93. The Hall–Kier alpha value is -3.85. The molecular formula is C27H34N4O9S2. The van der Waals surface area contributed by atoms with Crippen molar-refractivity contribution in [3.8, 4) is 0 Å². The molecule has 3 heterocycles. The molecule has 1 aromatic heterocycles. The minimum Gasteiger partial charge on any atom is -0.465 e. The van der Waals surface area contributed by atoms with Crippen LogP contribution in [0, 0.1) is 0 Å². The van der Waals surface area contributed by atoms with Gasteiger partial charge in [0, 0.05) is 6.54 Å². The van der Waals surface area contributed by atoms with Crippen molar-refractivity contribution in [1.82, 2.24) is 19.3 Å². The van der Waals surface area contributed by atoms with E-state index in [1.807, 2.05) is 0 Å². The summed E-state index contributed by atoms with van der Waals surface area (Å²) in [7, 11) is -8.45. The average Bonchev–Trinajstić information content (AvgIpc) is 3.43. The Labute approximate surface area is 245 Å². The third-order valence-corrected chi connectivity index (χ3v) is 10.7. The van der Waals surface area contributed by atoms with E-state index in [1.165, 1.54) is 38.1 Å². The first-order chi connectivity index (χ1) is 19.9. The normalized spacial score (nSPS) is 23.3. The lowest BCUT2D eigenvalue weighted by molar-refractivity contribution is -0.142. The molecule has 4 rings (SSSR count). The summed E-state index contributed by atoms with van der Waals surface area (Å²) in [6.07, 6.45) is 7.76. The first kappa shape index (κ1) is 32.7. The summed E-state index contributed by atoms with van der Waals surface area (Å²) in [4.78, 5) is 37.1. The van der Waals surface area contributed by atoms with Crippen molar-refractivity contribution in [3.63, 3.8) is 0 Å². The number of nitrogens with zero attached hydrogens (tertiary/aromatic N) is 4. The molecule has 15 heteroatoms. The van der Waals surface area contributed by atoms with Gasteiger partial charge in [-0.1, -0.05) is 30.4 Å². The molecule has 2 unspecified atom stereocenters. The number of sulfone groups is 1. The Morgan fingerprint density at radius 2 is 1.71 bits per heavy atom. The number of carbonyl (C=O) groups is 3. The van der Waals surface area contributed by atoms with Crippen molar-refractivity contribution in [2.24, 2.45) is 0 Å². The molecule has 1 amide bonds. The fourth-order valence-electron chi connectivity index (χ4n) is 3.97. The quantitative estimate of drug-likeness (QED) is 0.259. The number of ether oxygens (including phenoxy) is 2. The molecule has 13 nitrogen and oxygen atoms in total. The highest BCUT2D eigenvalue weighted by atomic mass is 32.2. The van der Waals surface area contributed by atoms with Gasteiger partial charge in [-0.25, -0.2) is 25.9 Å². The minimum absolute atomic E-state index is 0.0684. The fraction of sp³-hybridized carbons (Fsp3) is 0.444. The third kappa shape index (κ3) is 8.12. The molecule has 2 aliphatic heterocycles. The molecule has 228 valence electrons. The van der Waals surface area contributed by atoms with Crippen LogP contribution in [0.15, 0.2) is 60.2 Å². The highest BCUT2D eigenvalue weighted by Gasteiger charge is 2.33. The summed E-state index contributed by atoms with van der Waals surface area (Å²) >= 11 is 0. The summed E-state index contributed by atoms with van der Waals surface area (Å²) in [5.74, 6) is -2.53. The van der Waals surface area contributed by atoms with Crippen LogP contribution in [0.1, 0.15) is 55.6 Å². The van der Waals surface area contributed by atoms with Crippen molar-refractivity contribution in [2.45, 2.75) is 68.1 Å². The fourth-order valence-corrected chi connectivity index (χ4v) is 6.61. The van der Waals surface area contributed by atoms with Gasteiger partial charge in [0.05, 0.1) is 35.1 Å². The van der Waals surface area contributed by atoms with E-state index in [1.54, 1.807) is 10.9 Å². The van der Waals surface area contributed by atoms with Gasteiger partial charge in [-0.05, 0) is 63.5 Å². The third-order valence-electron chi connectivity index (χ3n) is 6.58. The van der Waals surface area contributed by atoms with Gasteiger partial charge in [0.25, 0.3) is 15.9 Å². The Morgan fingerprint density at radius 1 is 1.02 bits per heavy atom. The van der Waals surface area contributed by atoms with E-state index in [2.05, 4.69) is 16.9 Å². The van der Waals surface area contributed by atoms with Crippen molar-refractivity contribution >= 4 is 37.7 Å². The molecule has 42 heavy (non-hydrogen) atoms. The van der Waals surface area contributed by atoms with E-state index < -0.39 is 54.8 Å². The molecule has 0 N–H and O–H groups in total. The lowest BCUT2D eigenvalue weighted by Crippen LogP contribution is -2.36. The van der Waals surface area contributed by atoms with Crippen LogP contribution in [-0.2, 0) is 52.1 Å². The molecule has 0 saturated heterocycles. The molecule has 2 aromatic rings. The molecule has 1 aromatic carbocycles. The van der Waals surface area contributed by atoms with Crippen molar-refractivity contribution < 1.29 is 40.7 Å². The summed E-state index contributed by atoms with van der Waals surface area (Å²) in [6, 6.07) is 4.80. The van der Waals surface area contributed by atoms with Crippen LogP contribution in [0.5, 0.6) is 0 Å². The van der Waals surface area contributed by atoms with Crippen LogP contribution in [0.2, 0.25) is 0 Å². The zero-order valence-electron chi connectivity index (χ0n) is 23.4. The lowest BCUT2D eigenvalue weighted by atomic mass is 10.2. The van der Waals surface area contributed by atoms with Crippen LogP contribution in [-0.4, -0.2) is 77.6 Å². The summed E-state index contributed by atoms with van der Waals surface area (Å²) < 4.78 is 65.0. The first-order valence-electron chi connectivity index (χ1n) is 13.3. The van der Waals surface area contributed by atoms with Gasteiger partial charge in [0.15, 0.2) is 15.1 Å². The zero-order chi connectivity index (χ0) is 30.9. The average molecular weight is 623 g/mol. The van der Waals surface area contributed by atoms with Crippen LogP contribution in [0.4, 0.5) is 0 Å². The molecule has 0 fully saturated rings. The molecule has 0 saturated carbocycles. The van der Waals surface area contributed by atoms with Crippen LogP contribution >= 0.6 is 0 Å². The van der Waals surface area contributed by atoms with E-state index in [0.29, 0.717) is 23.0 Å². The van der Waals surface area contributed by atoms with Gasteiger partial charge in [-0.15, -0.1) is 5.10 Å². The van der Waals surface area contributed by atoms with E-state index in [-0.39, 0.29) is 23.7 Å². The van der Waals surface area contributed by atoms with Gasteiger partial charge < -0.3 is 9.47 Å². The van der Waals surface area contributed by atoms with Crippen molar-refractivity contribution in [3.05, 3.63) is 66.5 Å². The topological polar surface area (TPSA) is 172 Å². The highest BCUT2D eigenvalue weighted by Crippen LogP contribution is 2.19. The SMILES string of the molecule is C=CC(=O)N1C/C=C/C(C)S(=O)(=O)C(C)C(=O)OCCCCCCn2cc(nn2)COC(=O)c2ccc(cc2)S1(=O)=O. The molecular weight excluding hydrogens is 588 g/mol. The van der Waals surface area contributed by atoms with Crippen LogP contribution in [0.25, 0.3) is 0 Å². The predicted molar refractivity (Wildman–Crippen MR) is 151 cm³/mol. The second-order valence-electron chi connectivity index (χ2n) is 9.60. The van der Waals surface area contributed by atoms with Crippen LogP contribution < -0.4 is 0 Å². The number of amides is 1. The van der Waals surface area contributed by atoms with Gasteiger partial charge in [-0.2, -0.15) is 0 Å². The number of aromatic nitrogens is 3. The number of aryl methyl sites for hydroxylation is 1. The van der Waals surface area contributed by atoms with Crippen molar-refractivity contribution in [1.29, 1.82) is 0 Å². The lowest BCUT2D eigenvalue weighted by Gasteiger charge is -2.20. The molecule has 0 aliphatic carbocycles. The summed E-state index contributed by atoms with van der Waals surface area (Å²) in [5, 5.41) is 5.37. The summed E-state index contributed by atoms with van der Waals surface area (Å²) in [6.45, 7) is 5.92. The van der Waals surface area contributed by atoms with Gasteiger partial charge >= 0.3 is 11.9 Å². The Morgan fingerprint density at radius 3 is 2.40 bits per heavy atom. The number of sulfonamides is 1. The molecule has 4 bridgehead atoms. The first-order valence-corrected chi connectivity index (χ1v) is 16.3. The number of benzene rings is 1. The predicted octanol–water partition coefficient (Wildman–Crippen LogP) is 2.20. The number of esters is 2. The molecule has 2 atom stereocenters. The Balaban J connectivity index is 1.87. The maximum Gasteiger partial charge on any atom is 0.338 e. The second-order valence-corrected chi connectivity index (χ2v) is 14.1. The molecule has 2 aliphatic rings. The molecule has 0 radical (unpaired) electrons. The van der Waals surface area contributed by atoms with Gasteiger partial charge in [0.1, 0.15) is 12.3 Å². The molecule has 0 spiro atoms. The standard InChI is InChI=1S/C27H34N4O9S2/c1-4-25(32)31-16-9-10-20(2)41(35,36)21(3)26(33)39-17-8-6-5-7-15-30-18-23(28-29-30)19-40-27(34)22-11-13-24(14-12-22)42(31,37)38/h4,9-14,18,20-21H,1,5-8,15-17,19H2,2-3H3/b10-9+. The van der Waals surface area contributed by atoms with E-state index in [4.69, 9.17) is 9.47 Å². The van der Waals surface area contributed by atoms with Crippen LogP contribution in [0.3, 0.4) is 0 Å². The Kier molecular flexibility index (Phi) is 11.2. The number of carbonyl (C=O) groups excluding carboxylic acids is 3. The van der Waals surface area contributed by atoms with E-state index >= 15 is 0 Å². The van der Waals surface area contributed by atoms with Gasteiger partial charge in [0.2, 0.25) is 0 Å². The number of hydrogen-bond acceptors (Lipinski definition) is 11. The number of rotatable bonds is 1. The minimum atomic E-state index is -4.42. The number of hydrogen-bond donors (Lipinski definition) is 0. The van der Waals surface area contributed by atoms with Crippen molar-refractivity contribution in [2.75, 3.05) is 13.2 Å². The maximum atomic E-state index is 13.3. The largest absolute Gasteiger partial charge is 0.465 e. The zero-order valence-corrected chi connectivity index (χ0v) is 25.1. The van der Waals surface area contributed by atoms with E-state index in [9.17, 15) is 31.2 Å². The summed E-state index contributed by atoms with van der Waals surface area (Å²) in [5.41, 5.74) is 0.511. The maximum absolute atomic E-state index is 13.3. The smallest absolute Gasteiger partial charge is 0.338 e. The second kappa shape index (κ2) is 14.4. The van der Waals surface area contributed by atoms with E-state index in [0.717, 1.165) is 37.5 Å².